The number of aliphatic hydroxyl groups excluding tert-OH is 1. The Balaban J connectivity index is 1.17. The van der Waals surface area contributed by atoms with Gasteiger partial charge in [0.05, 0.1) is 6.42 Å². The van der Waals surface area contributed by atoms with Crippen molar-refractivity contribution < 1.29 is 14.7 Å². The molecule has 0 saturated carbocycles. The van der Waals surface area contributed by atoms with Gasteiger partial charge in [-0.1, -0.05) is 76.7 Å². The summed E-state index contributed by atoms with van der Waals surface area (Å²) in [5.41, 5.74) is 1.34. The molecule has 0 fully saturated rings. The van der Waals surface area contributed by atoms with Gasteiger partial charge < -0.3 is 10.4 Å². The number of rotatable bonds is 11. The van der Waals surface area contributed by atoms with Gasteiger partial charge in [0.15, 0.2) is 6.10 Å². The third-order valence-corrected chi connectivity index (χ3v) is 7.84. The van der Waals surface area contributed by atoms with Crippen molar-refractivity contribution in [3.63, 3.8) is 0 Å². The quantitative estimate of drug-likeness (QED) is 0.230. The van der Waals surface area contributed by atoms with Gasteiger partial charge in [0.1, 0.15) is 10.0 Å². The van der Waals surface area contributed by atoms with E-state index in [1.807, 2.05) is 30.3 Å². The summed E-state index contributed by atoms with van der Waals surface area (Å²) in [5, 5.41) is 34.7. The second-order valence-corrected chi connectivity index (χ2v) is 11.1. The van der Waals surface area contributed by atoms with E-state index in [-0.39, 0.29) is 12.3 Å². The van der Waals surface area contributed by atoms with Crippen molar-refractivity contribution in [2.75, 3.05) is 16.4 Å². The minimum atomic E-state index is -1.36. The van der Waals surface area contributed by atoms with Crippen molar-refractivity contribution in [1.29, 1.82) is 0 Å². The molecule has 0 aliphatic heterocycles. The van der Waals surface area contributed by atoms with Gasteiger partial charge >= 0.3 is 0 Å². The highest BCUT2D eigenvalue weighted by Crippen LogP contribution is 2.24. The topological polar surface area (TPSA) is 130 Å². The maximum absolute atomic E-state index is 12.3. The second kappa shape index (κ2) is 12.9. The molecule has 1 unspecified atom stereocenters. The van der Waals surface area contributed by atoms with Gasteiger partial charge in [-0.25, -0.2) is 0 Å². The first-order chi connectivity index (χ1) is 17.5. The molecule has 0 radical (unpaired) electrons. The number of aliphatic hydroxyl groups is 1. The summed E-state index contributed by atoms with van der Waals surface area (Å²) in [6, 6.07) is 16.0. The fourth-order valence-electron chi connectivity index (χ4n) is 3.03. The molecule has 4 aromatic rings. The van der Waals surface area contributed by atoms with E-state index in [1.54, 1.807) is 30.0 Å². The molecule has 2 aromatic carbocycles. The van der Waals surface area contributed by atoms with E-state index in [0.717, 1.165) is 21.3 Å². The summed E-state index contributed by atoms with van der Waals surface area (Å²) in [6.07, 6.45) is -0.369. The molecule has 0 bridgehead atoms. The zero-order valence-electron chi connectivity index (χ0n) is 18.8. The van der Waals surface area contributed by atoms with Crippen LogP contribution < -0.4 is 10.6 Å². The number of hydrogen-bond acceptors (Lipinski definition) is 10. The van der Waals surface area contributed by atoms with E-state index in [1.165, 1.54) is 28.7 Å². The van der Waals surface area contributed by atoms with Crippen molar-refractivity contribution in [1.82, 2.24) is 20.4 Å². The van der Waals surface area contributed by atoms with Crippen LogP contribution in [0.5, 0.6) is 0 Å². The first kappa shape index (κ1) is 26.2. The lowest BCUT2D eigenvalue weighted by molar-refractivity contribution is -0.124. The molecule has 186 valence electrons. The van der Waals surface area contributed by atoms with Gasteiger partial charge in [-0.15, -0.1) is 20.4 Å². The zero-order chi connectivity index (χ0) is 25.3. The molecule has 36 heavy (non-hydrogen) atoms. The van der Waals surface area contributed by atoms with Crippen molar-refractivity contribution in [2.45, 2.75) is 24.7 Å². The van der Waals surface area contributed by atoms with Gasteiger partial charge in [-0.3, -0.25) is 14.9 Å². The lowest BCUT2D eigenvalue weighted by atomic mass is 10.1. The number of benzene rings is 2. The Labute approximate surface area is 224 Å². The number of carbonyl (C=O) groups excluding carboxylic acids is 2. The SMILES string of the molecule is O=C(Cc1ccccc1)Nc1nnc(CCSCc2nnc(NC(=O)C(O)c3cccc(Cl)c3)s2)s1. The number of nitrogens with one attached hydrogen (secondary N) is 2. The Bertz CT molecular complexity index is 1320. The van der Waals surface area contributed by atoms with Crippen molar-refractivity contribution >= 4 is 68.1 Å². The van der Waals surface area contributed by atoms with E-state index in [2.05, 4.69) is 31.0 Å². The lowest BCUT2D eigenvalue weighted by Gasteiger charge is -2.09. The monoisotopic (exact) mass is 560 g/mol. The number of aryl methyl sites for hydroxylation is 1. The molecule has 1 atom stereocenters. The first-order valence-corrected chi connectivity index (χ1v) is 13.9. The third-order valence-electron chi connectivity index (χ3n) is 4.72. The van der Waals surface area contributed by atoms with Crippen LogP contribution in [0.15, 0.2) is 54.6 Å². The third kappa shape index (κ3) is 7.80. The number of aromatic nitrogens is 4. The number of thioether (sulfide) groups is 1. The van der Waals surface area contributed by atoms with Crippen LogP contribution in [0.1, 0.15) is 27.2 Å². The lowest BCUT2D eigenvalue weighted by Crippen LogP contribution is -2.20. The number of anilines is 2. The molecule has 4 rings (SSSR count). The maximum Gasteiger partial charge on any atom is 0.259 e. The Hall–Kier alpha value is -2.90. The van der Waals surface area contributed by atoms with Gasteiger partial charge in [-0.2, -0.15) is 11.8 Å². The summed E-state index contributed by atoms with van der Waals surface area (Å²) in [4.78, 5) is 24.5. The van der Waals surface area contributed by atoms with Crippen LogP contribution in [0, 0.1) is 0 Å². The van der Waals surface area contributed by atoms with Gasteiger partial charge in [-0.05, 0) is 23.3 Å². The normalized spacial score (nSPS) is 11.7. The summed E-state index contributed by atoms with van der Waals surface area (Å²) in [7, 11) is 0. The van der Waals surface area contributed by atoms with Crippen LogP contribution >= 0.6 is 46.0 Å². The Morgan fingerprint density at radius 3 is 2.44 bits per heavy atom. The molecule has 2 amide bonds. The fraction of sp³-hybridized carbons (Fsp3) is 0.217. The molecule has 2 heterocycles. The second-order valence-electron chi connectivity index (χ2n) is 7.46. The molecule has 3 N–H and O–H groups in total. The minimum absolute atomic E-state index is 0.127. The summed E-state index contributed by atoms with van der Waals surface area (Å²) < 4.78 is 0. The molecule has 9 nitrogen and oxygen atoms in total. The average Bonchev–Trinajstić information content (AvgIpc) is 3.51. The van der Waals surface area contributed by atoms with E-state index in [9.17, 15) is 14.7 Å². The van der Waals surface area contributed by atoms with Crippen LogP contribution in [0.25, 0.3) is 0 Å². The van der Waals surface area contributed by atoms with E-state index in [0.29, 0.717) is 33.0 Å². The Morgan fingerprint density at radius 2 is 1.67 bits per heavy atom. The van der Waals surface area contributed by atoms with Gasteiger partial charge in [0.25, 0.3) is 5.91 Å². The average molecular weight is 561 g/mol. The summed E-state index contributed by atoms with van der Waals surface area (Å²) in [6.45, 7) is 0. The number of nitrogens with zero attached hydrogens (tertiary/aromatic N) is 4. The predicted molar refractivity (Wildman–Crippen MR) is 144 cm³/mol. The molecule has 2 aromatic heterocycles. The van der Waals surface area contributed by atoms with Crippen molar-refractivity contribution in [3.8, 4) is 0 Å². The number of carbonyl (C=O) groups is 2. The Morgan fingerprint density at radius 1 is 0.944 bits per heavy atom. The van der Waals surface area contributed by atoms with Crippen LogP contribution in [0.4, 0.5) is 10.3 Å². The van der Waals surface area contributed by atoms with Crippen LogP contribution in [0.2, 0.25) is 5.02 Å². The molecule has 0 aliphatic carbocycles. The highest BCUT2D eigenvalue weighted by Gasteiger charge is 2.19. The smallest absolute Gasteiger partial charge is 0.259 e. The standard InChI is InChI=1S/C23H21ClN6O3S3/c24-16-8-4-7-15(12-16)20(32)21(33)26-23-30-28-19(36-23)13-34-10-9-18-27-29-22(35-18)25-17(31)11-14-5-2-1-3-6-14/h1-8,12,20,32H,9-11,13H2,(H,25,29,31)(H,26,30,33). The van der Waals surface area contributed by atoms with Crippen molar-refractivity contribution in [2.24, 2.45) is 0 Å². The maximum atomic E-state index is 12.3. The molecular formula is C23H21ClN6O3S3. The van der Waals surface area contributed by atoms with Crippen LogP contribution in [-0.2, 0) is 28.2 Å². The largest absolute Gasteiger partial charge is 0.378 e. The van der Waals surface area contributed by atoms with Crippen LogP contribution in [0.3, 0.4) is 0 Å². The fourth-order valence-corrected chi connectivity index (χ4v) is 5.85. The summed E-state index contributed by atoms with van der Waals surface area (Å²) >= 11 is 10.2. The minimum Gasteiger partial charge on any atom is -0.378 e. The van der Waals surface area contributed by atoms with E-state index < -0.39 is 12.0 Å². The van der Waals surface area contributed by atoms with E-state index >= 15 is 0 Å². The molecule has 0 spiro atoms. The van der Waals surface area contributed by atoms with Gasteiger partial charge in [0, 0.05) is 22.9 Å². The molecular weight excluding hydrogens is 540 g/mol. The van der Waals surface area contributed by atoms with Crippen LogP contribution in [-0.4, -0.2) is 43.1 Å². The molecule has 0 aliphatic rings. The summed E-state index contributed by atoms with van der Waals surface area (Å²) in [5.74, 6) is 0.665. The number of hydrogen-bond donors (Lipinski definition) is 3. The highest BCUT2D eigenvalue weighted by molar-refractivity contribution is 7.98. The van der Waals surface area contributed by atoms with Gasteiger partial charge in [0.2, 0.25) is 16.2 Å². The molecule has 13 heteroatoms. The Kier molecular flexibility index (Phi) is 9.36. The van der Waals surface area contributed by atoms with E-state index in [4.69, 9.17) is 11.6 Å². The molecule has 0 saturated heterocycles. The number of halogens is 1. The van der Waals surface area contributed by atoms with Crippen molar-refractivity contribution in [3.05, 3.63) is 80.8 Å². The zero-order valence-corrected chi connectivity index (χ0v) is 22.0. The number of amides is 2. The predicted octanol–water partition coefficient (Wildman–Crippen LogP) is 4.37. The first-order valence-electron chi connectivity index (χ1n) is 10.8. The highest BCUT2D eigenvalue weighted by atomic mass is 35.5.